The van der Waals surface area contributed by atoms with Crippen LogP contribution in [0.2, 0.25) is 0 Å². The molecule has 3 heterocycles. The number of carboxylic acids is 1. The number of pyridine rings is 1. The summed E-state index contributed by atoms with van der Waals surface area (Å²) in [6.45, 7) is 2.03. The number of hydrogen-bond donors (Lipinski definition) is 0. The summed E-state index contributed by atoms with van der Waals surface area (Å²) in [4.78, 5) is 15.6. The van der Waals surface area contributed by atoms with Crippen LogP contribution in [-0.2, 0) is 4.79 Å². The Morgan fingerprint density at radius 2 is 2.17 bits per heavy atom. The third-order valence-corrected chi connectivity index (χ3v) is 4.65. The van der Waals surface area contributed by atoms with Crippen LogP contribution in [-0.4, -0.2) is 36.0 Å². The van der Waals surface area contributed by atoms with Gasteiger partial charge in [0.15, 0.2) is 5.65 Å². The summed E-state index contributed by atoms with van der Waals surface area (Å²) < 4.78 is 1.58. The number of nitrogens with zero attached hydrogens (tertiary/aromatic N) is 5. The molecule has 7 nitrogen and oxygen atoms in total. The molecule has 0 unspecified atom stereocenters. The molecule has 0 spiro atoms. The second kappa shape index (κ2) is 7.39. The van der Waals surface area contributed by atoms with Crippen LogP contribution in [0.3, 0.4) is 0 Å². The van der Waals surface area contributed by atoms with Gasteiger partial charge in [0.25, 0.3) is 0 Å². The highest BCUT2D eigenvalue weighted by atomic mass is 32.2. The number of carbonyl (C=O) groups excluding carboxylic acids is 1. The van der Waals surface area contributed by atoms with E-state index in [0.29, 0.717) is 28.6 Å². The molecule has 24 heavy (non-hydrogen) atoms. The molecule has 3 rings (SSSR count). The predicted octanol–water partition coefficient (Wildman–Crippen LogP) is 1.59. The molecule has 0 aliphatic rings. The number of carbonyl (C=O) groups is 1. The molecule has 0 radical (unpaired) electrons. The summed E-state index contributed by atoms with van der Waals surface area (Å²) in [5, 5.41) is 23.9. The lowest BCUT2D eigenvalue weighted by molar-refractivity contribution is -0.304. The normalized spacial score (nSPS) is 12.4. The molecular weight excluding hydrogens is 326 g/mol. The smallest absolute Gasteiger partial charge is 0.203 e. The van der Waals surface area contributed by atoms with E-state index < -0.39 is 11.2 Å². The molecule has 3 aromatic heterocycles. The first-order chi connectivity index (χ1) is 11.7. The van der Waals surface area contributed by atoms with Gasteiger partial charge in [-0.05, 0) is 30.7 Å². The van der Waals surface area contributed by atoms with Gasteiger partial charge in [-0.1, -0.05) is 37.6 Å². The predicted molar refractivity (Wildman–Crippen MR) is 88.2 cm³/mol. The second-order valence-corrected chi connectivity index (χ2v) is 6.47. The molecule has 0 aliphatic carbocycles. The minimum Gasteiger partial charge on any atom is -0.549 e. The van der Waals surface area contributed by atoms with Crippen molar-refractivity contribution < 1.29 is 9.90 Å². The van der Waals surface area contributed by atoms with E-state index in [2.05, 4.69) is 20.3 Å². The van der Waals surface area contributed by atoms with Crippen LogP contribution in [0.1, 0.15) is 26.2 Å². The van der Waals surface area contributed by atoms with Crippen molar-refractivity contribution in [3.05, 3.63) is 36.5 Å². The lowest BCUT2D eigenvalue weighted by Crippen LogP contribution is -2.33. The van der Waals surface area contributed by atoms with Gasteiger partial charge < -0.3 is 9.90 Å². The summed E-state index contributed by atoms with van der Waals surface area (Å²) in [5.74, 6) is -0.546. The summed E-state index contributed by atoms with van der Waals surface area (Å²) in [7, 11) is 0. The molecule has 0 amide bonds. The van der Waals surface area contributed by atoms with Crippen molar-refractivity contribution in [3.63, 3.8) is 0 Å². The maximum atomic E-state index is 11.3. The van der Waals surface area contributed by atoms with Crippen molar-refractivity contribution >= 4 is 23.4 Å². The quantitative estimate of drug-likeness (QED) is 0.601. The van der Waals surface area contributed by atoms with E-state index in [-0.39, 0.29) is 0 Å². The molecule has 1 atom stereocenters. The standard InChI is InChI=1S/C16H17N5O2S/c1-2-3-7-12(16(22)23)24-14-9-8-13-18-19-15(21(13)20-14)11-6-4-5-10-17-11/h4-6,8-10,12H,2-3,7H2,1H3,(H,22,23)/p-1/t12-/m0/s1. The minimum absolute atomic E-state index is 0.520. The molecule has 0 bridgehead atoms. The Bertz CT molecular complexity index is 837. The number of hydrogen-bond acceptors (Lipinski definition) is 7. The number of carboxylic acid groups (broad SMARTS) is 1. The van der Waals surface area contributed by atoms with Crippen molar-refractivity contribution in [3.8, 4) is 11.5 Å². The monoisotopic (exact) mass is 342 g/mol. The number of fused-ring (bicyclic) bond motifs is 1. The average molecular weight is 342 g/mol. The summed E-state index contributed by atoms with van der Waals surface area (Å²) in [5.41, 5.74) is 1.24. The molecule has 8 heteroatoms. The summed E-state index contributed by atoms with van der Waals surface area (Å²) >= 11 is 1.19. The van der Waals surface area contributed by atoms with Crippen LogP contribution in [0.15, 0.2) is 41.6 Å². The Hall–Kier alpha value is -2.48. The van der Waals surface area contributed by atoms with E-state index in [1.54, 1.807) is 22.8 Å². The number of aromatic nitrogens is 5. The highest BCUT2D eigenvalue weighted by Crippen LogP contribution is 2.26. The summed E-state index contributed by atoms with van der Waals surface area (Å²) in [6, 6.07) is 9.02. The van der Waals surface area contributed by atoms with E-state index in [4.69, 9.17) is 0 Å². The molecule has 0 aromatic carbocycles. The Morgan fingerprint density at radius 3 is 2.88 bits per heavy atom. The lowest BCUT2D eigenvalue weighted by Gasteiger charge is -2.16. The topological polar surface area (TPSA) is 96.1 Å². The van der Waals surface area contributed by atoms with E-state index in [0.717, 1.165) is 12.8 Å². The van der Waals surface area contributed by atoms with E-state index in [9.17, 15) is 9.90 Å². The van der Waals surface area contributed by atoms with Crippen molar-refractivity contribution in [2.24, 2.45) is 0 Å². The Kier molecular flexibility index (Phi) is 5.05. The van der Waals surface area contributed by atoms with Gasteiger partial charge in [0.1, 0.15) is 10.7 Å². The third-order valence-electron chi connectivity index (χ3n) is 3.48. The lowest BCUT2D eigenvalue weighted by atomic mass is 10.2. The maximum Gasteiger partial charge on any atom is 0.203 e. The number of unbranched alkanes of at least 4 members (excludes halogenated alkanes) is 1. The van der Waals surface area contributed by atoms with Gasteiger partial charge in [0, 0.05) is 6.20 Å². The Labute approximate surface area is 143 Å². The second-order valence-electron chi connectivity index (χ2n) is 5.25. The first-order valence-corrected chi connectivity index (χ1v) is 8.58. The third kappa shape index (κ3) is 3.53. The number of aliphatic carboxylic acids is 1. The average Bonchev–Trinajstić information content (AvgIpc) is 3.02. The maximum absolute atomic E-state index is 11.3. The Balaban J connectivity index is 1.91. The molecule has 0 fully saturated rings. The highest BCUT2D eigenvalue weighted by Gasteiger charge is 2.15. The fourth-order valence-electron chi connectivity index (χ4n) is 2.25. The van der Waals surface area contributed by atoms with Gasteiger partial charge in [0.05, 0.1) is 11.2 Å². The highest BCUT2D eigenvalue weighted by molar-refractivity contribution is 8.00. The summed E-state index contributed by atoms with van der Waals surface area (Å²) in [6.07, 6.45) is 4.00. The molecule has 0 saturated heterocycles. The van der Waals surface area contributed by atoms with E-state index in [1.165, 1.54) is 11.8 Å². The SMILES string of the molecule is CCCC[C@H](Sc1ccc2nnc(-c3ccccn3)n2n1)C(=O)[O-]. The fraction of sp³-hybridized carbons (Fsp3) is 0.312. The van der Waals surface area contributed by atoms with Crippen LogP contribution in [0.4, 0.5) is 0 Å². The zero-order chi connectivity index (χ0) is 16.9. The van der Waals surface area contributed by atoms with Gasteiger partial charge in [-0.15, -0.1) is 10.2 Å². The zero-order valence-electron chi connectivity index (χ0n) is 13.1. The number of rotatable bonds is 7. The van der Waals surface area contributed by atoms with Crippen molar-refractivity contribution in [1.29, 1.82) is 0 Å². The molecule has 3 aromatic rings. The van der Waals surface area contributed by atoms with Gasteiger partial charge in [-0.25, -0.2) is 0 Å². The van der Waals surface area contributed by atoms with Crippen LogP contribution in [0, 0.1) is 0 Å². The van der Waals surface area contributed by atoms with Crippen molar-refractivity contribution in [2.45, 2.75) is 36.5 Å². The Morgan fingerprint density at radius 1 is 1.29 bits per heavy atom. The van der Waals surface area contributed by atoms with Crippen LogP contribution < -0.4 is 5.11 Å². The van der Waals surface area contributed by atoms with Gasteiger partial charge in [0.2, 0.25) is 5.82 Å². The van der Waals surface area contributed by atoms with E-state index >= 15 is 0 Å². The van der Waals surface area contributed by atoms with Gasteiger partial charge >= 0.3 is 0 Å². The van der Waals surface area contributed by atoms with Gasteiger partial charge in [-0.2, -0.15) is 9.61 Å². The zero-order valence-corrected chi connectivity index (χ0v) is 13.9. The van der Waals surface area contributed by atoms with Crippen molar-refractivity contribution in [2.75, 3.05) is 0 Å². The molecule has 124 valence electrons. The van der Waals surface area contributed by atoms with Crippen LogP contribution in [0.25, 0.3) is 17.2 Å². The van der Waals surface area contributed by atoms with Crippen LogP contribution in [0.5, 0.6) is 0 Å². The molecular formula is C16H16N5O2S-. The van der Waals surface area contributed by atoms with Gasteiger partial charge in [-0.3, -0.25) is 4.98 Å². The molecule has 0 aliphatic heterocycles. The largest absolute Gasteiger partial charge is 0.549 e. The minimum atomic E-state index is -1.07. The first kappa shape index (κ1) is 16.4. The number of thioether (sulfide) groups is 1. The fourth-order valence-corrected chi connectivity index (χ4v) is 3.20. The van der Waals surface area contributed by atoms with Crippen molar-refractivity contribution in [1.82, 2.24) is 24.8 Å². The first-order valence-electron chi connectivity index (χ1n) is 7.70. The van der Waals surface area contributed by atoms with Crippen LogP contribution >= 0.6 is 11.8 Å². The molecule has 0 saturated carbocycles. The molecule has 0 N–H and O–H groups in total. The van der Waals surface area contributed by atoms with E-state index in [1.807, 2.05) is 25.1 Å².